The third-order valence-corrected chi connectivity index (χ3v) is 5.89. The highest BCUT2D eigenvalue weighted by atomic mass is 35.5. The minimum Gasteiger partial charge on any atom is -0.460 e. The number of carbonyl (C=O) groups excluding carboxylic acids is 2. The lowest BCUT2D eigenvalue weighted by Gasteiger charge is -2.28. The van der Waals surface area contributed by atoms with E-state index in [0.717, 1.165) is 42.4 Å². The lowest BCUT2D eigenvalue weighted by atomic mass is 10.1. The standard InChI is InChI=1S/C18H29NO3.C15H9ClO/c1-5-6-7-8-12-19(4)14-16-9-10-17(11-13-20)22-18(2,3)21-15-16;16-15-9-7-13(8-10-15)2-1-12-3-5-14(11-17)6-4-12/h9-11,13,15H,5-8,12,14H2,1-4H3;3-11H/b10-9-,16-15+,17-11-;. The molecule has 0 radical (unpaired) electrons. The van der Waals surface area contributed by atoms with Crippen molar-refractivity contribution < 1.29 is 19.1 Å². The van der Waals surface area contributed by atoms with Gasteiger partial charge in [0.1, 0.15) is 18.3 Å². The topological polar surface area (TPSA) is 55.8 Å². The second-order valence-electron chi connectivity index (χ2n) is 9.65. The van der Waals surface area contributed by atoms with Gasteiger partial charge in [0.2, 0.25) is 5.79 Å². The van der Waals surface area contributed by atoms with Crippen LogP contribution < -0.4 is 0 Å². The predicted molar refractivity (Wildman–Crippen MR) is 159 cm³/mol. The minimum absolute atomic E-state index is 0.510. The predicted octanol–water partition coefficient (Wildman–Crippen LogP) is 7.36. The molecule has 2 aromatic rings. The number of unbranched alkanes of at least 4 members (excludes halogenated alkanes) is 3. The number of likely N-dealkylation sites (N-methyl/N-ethyl adjacent to an activating group) is 1. The molecule has 6 heteroatoms. The molecule has 0 fully saturated rings. The van der Waals surface area contributed by atoms with Gasteiger partial charge >= 0.3 is 0 Å². The molecule has 0 spiro atoms. The minimum atomic E-state index is -0.787. The molecule has 5 nitrogen and oxygen atoms in total. The number of hydrogen-bond donors (Lipinski definition) is 0. The molecule has 0 N–H and O–H groups in total. The van der Waals surface area contributed by atoms with Crippen LogP contribution in [0.3, 0.4) is 0 Å². The summed E-state index contributed by atoms with van der Waals surface area (Å²) in [6.45, 7) is 7.76. The lowest BCUT2D eigenvalue weighted by Crippen LogP contribution is -2.28. The average Bonchev–Trinajstić information content (AvgIpc) is 2.92. The summed E-state index contributed by atoms with van der Waals surface area (Å²) in [4.78, 5) is 23.4. The smallest absolute Gasteiger partial charge is 0.244 e. The number of rotatable bonds is 9. The number of aldehydes is 2. The van der Waals surface area contributed by atoms with Gasteiger partial charge in [0.15, 0.2) is 0 Å². The van der Waals surface area contributed by atoms with Crippen LogP contribution in [0.1, 0.15) is 67.9 Å². The Balaban J connectivity index is 0.000000282. The van der Waals surface area contributed by atoms with E-state index in [0.29, 0.717) is 16.3 Å². The molecule has 0 atom stereocenters. The van der Waals surface area contributed by atoms with Gasteiger partial charge < -0.3 is 14.4 Å². The van der Waals surface area contributed by atoms with E-state index in [1.54, 1.807) is 30.5 Å². The Morgan fingerprint density at radius 3 is 2.15 bits per heavy atom. The number of hydrogen-bond acceptors (Lipinski definition) is 5. The molecular formula is C33H38ClNO4. The van der Waals surface area contributed by atoms with E-state index in [1.807, 2.05) is 50.3 Å². The second kappa shape index (κ2) is 17.1. The Labute approximate surface area is 238 Å². The number of allylic oxidation sites excluding steroid dienone is 2. The zero-order chi connectivity index (χ0) is 28.5. The van der Waals surface area contributed by atoms with Crippen molar-refractivity contribution in [2.24, 2.45) is 0 Å². The first-order valence-electron chi connectivity index (χ1n) is 13.2. The van der Waals surface area contributed by atoms with Gasteiger partial charge in [-0.05, 0) is 62.5 Å². The van der Waals surface area contributed by atoms with Gasteiger partial charge in [-0.15, -0.1) is 0 Å². The Morgan fingerprint density at radius 1 is 0.923 bits per heavy atom. The normalized spacial score (nSPS) is 17.0. The SMILES string of the molecule is CCCCCCN(C)CC1=C/OC(C)(C)OC(=C\C=O)/C=C\1.O=Cc1ccc(C#Cc2ccc(Cl)cc2)cc1. The third kappa shape index (κ3) is 13.2. The van der Waals surface area contributed by atoms with E-state index in [9.17, 15) is 9.59 Å². The van der Waals surface area contributed by atoms with Gasteiger partial charge in [0.25, 0.3) is 0 Å². The summed E-state index contributed by atoms with van der Waals surface area (Å²) in [7, 11) is 2.11. The van der Waals surface area contributed by atoms with Crippen LogP contribution >= 0.6 is 11.6 Å². The fraction of sp³-hybridized carbons (Fsp3) is 0.333. The molecule has 3 rings (SSSR count). The largest absolute Gasteiger partial charge is 0.460 e. The molecule has 0 unspecified atom stereocenters. The molecule has 1 aliphatic heterocycles. The summed E-state index contributed by atoms with van der Waals surface area (Å²) >= 11 is 5.78. The lowest BCUT2D eigenvalue weighted by molar-refractivity contribution is -0.152. The van der Waals surface area contributed by atoms with Crippen molar-refractivity contribution in [1.82, 2.24) is 4.90 Å². The number of halogens is 1. The number of ether oxygens (including phenoxy) is 2. The van der Waals surface area contributed by atoms with Crippen LogP contribution in [0.2, 0.25) is 5.02 Å². The van der Waals surface area contributed by atoms with E-state index in [1.165, 1.54) is 31.8 Å². The maximum Gasteiger partial charge on any atom is 0.244 e. The van der Waals surface area contributed by atoms with Crippen molar-refractivity contribution >= 4 is 24.2 Å². The van der Waals surface area contributed by atoms with Crippen molar-refractivity contribution in [2.45, 2.75) is 52.2 Å². The number of benzene rings is 2. The van der Waals surface area contributed by atoms with Gasteiger partial charge in [-0.1, -0.05) is 67.8 Å². The average molecular weight is 548 g/mol. The molecule has 0 aromatic heterocycles. The first-order chi connectivity index (χ1) is 18.7. The summed E-state index contributed by atoms with van der Waals surface area (Å²) in [5.74, 6) is 5.77. The van der Waals surface area contributed by atoms with Crippen LogP contribution in [0.4, 0.5) is 0 Å². The third-order valence-electron chi connectivity index (χ3n) is 5.64. The summed E-state index contributed by atoms with van der Waals surface area (Å²) in [6, 6.07) is 14.5. The van der Waals surface area contributed by atoms with Gasteiger partial charge in [0.05, 0.1) is 6.26 Å². The van der Waals surface area contributed by atoms with E-state index >= 15 is 0 Å². The molecule has 0 aliphatic carbocycles. The molecule has 1 heterocycles. The van der Waals surface area contributed by atoms with Crippen LogP contribution in [0.15, 0.2) is 84.4 Å². The molecular weight excluding hydrogens is 510 g/mol. The van der Waals surface area contributed by atoms with Gasteiger partial charge in [0, 0.05) is 53.8 Å². The van der Waals surface area contributed by atoms with Crippen molar-refractivity contribution in [3.8, 4) is 11.8 Å². The van der Waals surface area contributed by atoms with Crippen molar-refractivity contribution in [3.05, 3.63) is 106 Å². The Hall–Kier alpha value is -3.59. The quantitative estimate of drug-likeness (QED) is 0.142. The van der Waals surface area contributed by atoms with Crippen LogP contribution in [-0.2, 0) is 14.3 Å². The number of carbonyl (C=O) groups is 2. The van der Waals surface area contributed by atoms with Crippen molar-refractivity contribution in [3.63, 3.8) is 0 Å². The van der Waals surface area contributed by atoms with E-state index in [-0.39, 0.29) is 0 Å². The number of nitrogens with zero attached hydrogens (tertiary/aromatic N) is 1. The molecule has 39 heavy (non-hydrogen) atoms. The fourth-order valence-corrected chi connectivity index (χ4v) is 3.68. The van der Waals surface area contributed by atoms with Crippen molar-refractivity contribution in [1.29, 1.82) is 0 Å². The fourth-order valence-electron chi connectivity index (χ4n) is 3.56. The van der Waals surface area contributed by atoms with Crippen LogP contribution in [0, 0.1) is 11.8 Å². The molecule has 206 valence electrons. The Kier molecular flexibility index (Phi) is 13.9. The van der Waals surface area contributed by atoms with E-state index < -0.39 is 5.79 Å². The second-order valence-corrected chi connectivity index (χ2v) is 10.1. The molecule has 2 aromatic carbocycles. The van der Waals surface area contributed by atoms with Crippen LogP contribution in [0.5, 0.6) is 0 Å². The van der Waals surface area contributed by atoms with Gasteiger partial charge in [-0.2, -0.15) is 0 Å². The maximum atomic E-state index is 10.7. The highest BCUT2D eigenvalue weighted by Gasteiger charge is 2.22. The maximum absolute atomic E-state index is 10.7. The van der Waals surface area contributed by atoms with Crippen LogP contribution in [0.25, 0.3) is 0 Å². The first-order valence-corrected chi connectivity index (χ1v) is 13.5. The summed E-state index contributed by atoms with van der Waals surface area (Å²) in [5.41, 5.74) is 3.51. The summed E-state index contributed by atoms with van der Waals surface area (Å²) < 4.78 is 11.3. The first kappa shape index (κ1) is 31.6. The van der Waals surface area contributed by atoms with Gasteiger partial charge in [-0.3, -0.25) is 9.59 Å². The molecule has 0 saturated carbocycles. The van der Waals surface area contributed by atoms with Crippen molar-refractivity contribution in [2.75, 3.05) is 20.1 Å². The zero-order valence-electron chi connectivity index (χ0n) is 23.3. The highest BCUT2D eigenvalue weighted by molar-refractivity contribution is 6.30. The monoisotopic (exact) mass is 547 g/mol. The Bertz CT molecular complexity index is 1200. The molecule has 0 amide bonds. The molecule has 1 aliphatic rings. The Morgan fingerprint density at radius 2 is 1.56 bits per heavy atom. The van der Waals surface area contributed by atoms with Gasteiger partial charge in [-0.25, -0.2) is 0 Å². The van der Waals surface area contributed by atoms with E-state index in [4.69, 9.17) is 21.1 Å². The summed E-state index contributed by atoms with van der Waals surface area (Å²) in [6.07, 6.45) is 13.5. The molecule has 0 saturated heterocycles. The highest BCUT2D eigenvalue weighted by Crippen LogP contribution is 2.21. The molecule has 0 bridgehead atoms. The van der Waals surface area contributed by atoms with E-state index in [2.05, 4.69) is 30.7 Å². The summed E-state index contributed by atoms with van der Waals surface area (Å²) in [5, 5.41) is 0.700. The van der Waals surface area contributed by atoms with Crippen LogP contribution in [-0.4, -0.2) is 43.4 Å². The zero-order valence-corrected chi connectivity index (χ0v) is 24.0.